The smallest absolute Gasteiger partial charge is 0.321 e. The molecule has 2 aromatic rings. The van der Waals surface area contributed by atoms with Crippen LogP contribution in [0.3, 0.4) is 0 Å². The van der Waals surface area contributed by atoms with Crippen LogP contribution in [0.1, 0.15) is 18.4 Å². The molecule has 1 N–H and O–H groups in total. The van der Waals surface area contributed by atoms with Crippen LogP contribution in [0.4, 0.5) is 14.9 Å². The molecule has 0 spiro atoms. The highest BCUT2D eigenvalue weighted by atomic mass is 19.1. The number of hydrogen-bond acceptors (Lipinski definition) is 2. The van der Waals surface area contributed by atoms with Gasteiger partial charge < -0.3 is 15.0 Å². The zero-order chi connectivity index (χ0) is 17.6. The Morgan fingerprint density at radius 3 is 2.84 bits per heavy atom. The molecule has 3 rings (SSSR count). The first-order valence-corrected chi connectivity index (χ1v) is 8.61. The molecular weight excluding hydrogens is 319 g/mol. The molecule has 4 nitrogen and oxygen atoms in total. The summed E-state index contributed by atoms with van der Waals surface area (Å²) in [5, 5.41) is 2.95. The molecule has 1 atom stereocenters. The summed E-state index contributed by atoms with van der Waals surface area (Å²) >= 11 is 0. The minimum absolute atomic E-state index is 0.0486. The van der Waals surface area contributed by atoms with E-state index in [4.69, 9.17) is 4.74 Å². The van der Waals surface area contributed by atoms with Gasteiger partial charge in [0.05, 0.1) is 6.61 Å². The van der Waals surface area contributed by atoms with Gasteiger partial charge in [0, 0.05) is 18.8 Å². The molecular formula is C20H23FN2O2. The number of anilines is 1. The molecule has 132 valence electrons. The van der Waals surface area contributed by atoms with Crippen molar-refractivity contribution in [2.75, 3.05) is 25.0 Å². The predicted octanol–water partition coefficient (Wildman–Crippen LogP) is 4.46. The highest BCUT2D eigenvalue weighted by Gasteiger charge is 2.26. The van der Waals surface area contributed by atoms with Crippen LogP contribution in [0.25, 0.3) is 0 Å². The molecule has 25 heavy (non-hydrogen) atoms. The first kappa shape index (κ1) is 17.3. The lowest BCUT2D eigenvalue weighted by Crippen LogP contribution is -2.33. The summed E-state index contributed by atoms with van der Waals surface area (Å²) in [7, 11) is 0. The Labute approximate surface area is 147 Å². The molecule has 0 bridgehead atoms. The van der Waals surface area contributed by atoms with Crippen molar-refractivity contribution in [2.45, 2.75) is 19.8 Å². The maximum atomic E-state index is 12.9. The molecule has 5 heteroatoms. The fraction of sp³-hybridized carbons (Fsp3) is 0.350. The third-order valence-corrected chi connectivity index (χ3v) is 4.45. The highest BCUT2D eigenvalue weighted by Crippen LogP contribution is 2.21. The van der Waals surface area contributed by atoms with E-state index in [9.17, 15) is 9.18 Å². The van der Waals surface area contributed by atoms with E-state index in [1.165, 1.54) is 12.1 Å². The molecule has 0 aliphatic carbocycles. The van der Waals surface area contributed by atoms with Crippen molar-refractivity contribution in [1.82, 2.24) is 4.90 Å². The van der Waals surface area contributed by atoms with E-state index in [-0.39, 0.29) is 11.8 Å². The number of likely N-dealkylation sites (tertiary alicyclic amines) is 1. The van der Waals surface area contributed by atoms with Crippen LogP contribution in [0.15, 0.2) is 48.5 Å². The summed E-state index contributed by atoms with van der Waals surface area (Å²) < 4.78 is 18.5. The van der Waals surface area contributed by atoms with E-state index in [0.717, 1.165) is 37.2 Å². The lowest BCUT2D eigenvalue weighted by molar-refractivity contribution is 0.218. The van der Waals surface area contributed by atoms with Crippen LogP contribution in [0.2, 0.25) is 0 Å². The fourth-order valence-electron chi connectivity index (χ4n) is 3.05. The highest BCUT2D eigenvalue weighted by molar-refractivity contribution is 5.89. The topological polar surface area (TPSA) is 41.6 Å². The zero-order valence-electron chi connectivity index (χ0n) is 14.4. The van der Waals surface area contributed by atoms with Crippen molar-refractivity contribution in [2.24, 2.45) is 5.92 Å². The number of nitrogens with one attached hydrogen (secondary N) is 1. The monoisotopic (exact) mass is 342 g/mol. The van der Waals surface area contributed by atoms with Gasteiger partial charge in [-0.2, -0.15) is 0 Å². The first-order chi connectivity index (χ1) is 12.1. The second-order valence-electron chi connectivity index (χ2n) is 6.49. The normalized spacial score (nSPS) is 16.7. The van der Waals surface area contributed by atoms with E-state index in [1.807, 2.05) is 36.1 Å². The number of nitrogens with zero attached hydrogens (tertiary/aromatic N) is 1. The summed E-state index contributed by atoms with van der Waals surface area (Å²) in [4.78, 5) is 14.2. The van der Waals surface area contributed by atoms with Crippen molar-refractivity contribution < 1.29 is 13.9 Å². The van der Waals surface area contributed by atoms with Gasteiger partial charge >= 0.3 is 6.03 Å². The maximum Gasteiger partial charge on any atom is 0.321 e. The molecule has 0 radical (unpaired) electrons. The van der Waals surface area contributed by atoms with Crippen molar-refractivity contribution >= 4 is 11.7 Å². The van der Waals surface area contributed by atoms with Gasteiger partial charge in [-0.05, 0) is 67.6 Å². The van der Waals surface area contributed by atoms with Gasteiger partial charge in [0.25, 0.3) is 0 Å². The van der Waals surface area contributed by atoms with Gasteiger partial charge in [-0.15, -0.1) is 0 Å². The van der Waals surface area contributed by atoms with Crippen molar-refractivity contribution in [3.63, 3.8) is 0 Å². The summed E-state index contributed by atoms with van der Waals surface area (Å²) in [6.45, 7) is 4.08. The first-order valence-electron chi connectivity index (χ1n) is 8.61. The number of ether oxygens (including phenoxy) is 1. The summed E-state index contributed by atoms with van der Waals surface area (Å²) in [5.41, 5.74) is 1.95. The summed E-state index contributed by atoms with van der Waals surface area (Å²) in [6.07, 6.45) is 1.86. The number of carbonyl (C=O) groups is 1. The number of halogens is 1. The van der Waals surface area contributed by atoms with Crippen LogP contribution in [0, 0.1) is 18.7 Å². The second-order valence-corrected chi connectivity index (χ2v) is 6.49. The van der Waals surface area contributed by atoms with Gasteiger partial charge in [0.15, 0.2) is 0 Å². The lowest BCUT2D eigenvalue weighted by Gasteiger charge is -2.18. The number of aryl methyl sites for hydroxylation is 1. The summed E-state index contributed by atoms with van der Waals surface area (Å²) in [6, 6.07) is 13.8. The largest absolute Gasteiger partial charge is 0.494 e. The van der Waals surface area contributed by atoms with Crippen molar-refractivity contribution in [3.05, 3.63) is 59.9 Å². The quantitative estimate of drug-likeness (QED) is 0.872. The lowest BCUT2D eigenvalue weighted by atomic mass is 10.1. The van der Waals surface area contributed by atoms with Crippen LogP contribution < -0.4 is 10.1 Å². The molecule has 0 saturated carbocycles. The van der Waals surface area contributed by atoms with Gasteiger partial charge in [0.1, 0.15) is 11.6 Å². The van der Waals surface area contributed by atoms with Crippen LogP contribution >= 0.6 is 0 Å². The number of amides is 2. The SMILES string of the molecule is Cc1cccc(NC(=O)N2CCC(CCOc3ccc(F)cc3)C2)c1. The van der Waals surface area contributed by atoms with Crippen LogP contribution in [0.5, 0.6) is 5.75 Å². The maximum absolute atomic E-state index is 12.9. The molecule has 1 saturated heterocycles. The number of hydrogen-bond donors (Lipinski definition) is 1. The second kappa shape index (κ2) is 8.01. The Morgan fingerprint density at radius 1 is 1.28 bits per heavy atom. The van der Waals surface area contributed by atoms with Crippen LogP contribution in [-0.2, 0) is 0 Å². The number of benzene rings is 2. The predicted molar refractivity (Wildman–Crippen MR) is 96.4 cm³/mol. The van der Waals surface area contributed by atoms with E-state index < -0.39 is 0 Å². The zero-order valence-corrected chi connectivity index (χ0v) is 14.4. The van der Waals surface area contributed by atoms with E-state index in [1.54, 1.807) is 12.1 Å². The average Bonchev–Trinajstić information content (AvgIpc) is 3.06. The molecule has 1 aliphatic heterocycles. The molecule has 1 unspecified atom stereocenters. The Kier molecular flexibility index (Phi) is 5.53. The Bertz CT molecular complexity index is 718. The molecule has 0 aromatic heterocycles. The van der Waals surface area contributed by atoms with E-state index >= 15 is 0 Å². The molecule has 1 heterocycles. The third kappa shape index (κ3) is 4.95. The number of rotatable bonds is 5. The standard InChI is InChI=1S/C20H23FN2O2/c1-15-3-2-4-18(13-15)22-20(24)23-11-9-16(14-23)10-12-25-19-7-5-17(21)6-8-19/h2-8,13,16H,9-12,14H2,1H3,(H,22,24). The average molecular weight is 342 g/mol. The van der Waals surface area contributed by atoms with Crippen molar-refractivity contribution in [3.8, 4) is 5.75 Å². The molecule has 2 amide bonds. The molecule has 1 fully saturated rings. The van der Waals surface area contributed by atoms with E-state index in [2.05, 4.69) is 5.32 Å². The Morgan fingerprint density at radius 2 is 2.08 bits per heavy atom. The third-order valence-electron chi connectivity index (χ3n) is 4.45. The Balaban J connectivity index is 1.42. The fourth-order valence-corrected chi connectivity index (χ4v) is 3.05. The number of urea groups is 1. The number of carbonyl (C=O) groups excluding carboxylic acids is 1. The minimum Gasteiger partial charge on any atom is -0.494 e. The van der Waals surface area contributed by atoms with Crippen LogP contribution in [-0.4, -0.2) is 30.6 Å². The summed E-state index contributed by atoms with van der Waals surface area (Å²) in [5.74, 6) is 0.843. The molecule has 2 aromatic carbocycles. The van der Waals surface area contributed by atoms with Crippen molar-refractivity contribution in [1.29, 1.82) is 0 Å². The van der Waals surface area contributed by atoms with Gasteiger partial charge in [0.2, 0.25) is 0 Å². The Hall–Kier alpha value is -2.56. The molecule has 1 aliphatic rings. The van der Waals surface area contributed by atoms with Gasteiger partial charge in [-0.25, -0.2) is 9.18 Å². The van der Waals surface area contributed by atoms with Gasteiger partial charge in [-0.1, -0.05) is 12.1 Å². The van der Waals surface area contributed by atoms with E-state index in [0.29, 0.717) is 18.3 Å². The minimum atomic E-state index is -0.265. The van der Waals surface area contributed by atoms with Gasteiger partial charge in [-0.3, -0.25) is 0 Å².